The topological polar surface area (TPSA) is 15.8 Å². The van der Waals surface area contributed by atoms with Gasteiger partial charge < -0.3 is 4.98 Å². The summed E-state index contributed by atoms with van der Waals surface area (Å²) >= 11 is 3.50. The van der Waals surface area contributed by atoms with Gasteiger partial charge in [0.1, 0.15) is 0 Å². The zero-order valence-corrected chi connectivity index (χ0v) is 11.2. The van der Waals surface area contributed by atoms with Gasteiger partial charge in [-0.15, -0.1) is 0 Å². The van der Waals surface area contributed by atoms with Gasteiger partial charge >= 0.3 is 0 Å². The van der Waals surface area contributed by atoms with Crippen molar-refractivity contribution in [3.63, 3.8) is 0 Å². The van der Waals surface area contributed by atoms with Crippen LogP contribution in [0, 0.1) is 11.8 Å². The van der Waals surface area contributed by atoms with Crippen LogP contribution >= 0.6 is 15.9 Å². The third-order valence-electron chi connectivity index (χ3n) is 2.77. The average Bonchev–Trinajstić information content (AvgIpc) is 2.85. The zero-order chi connectivity index (χ0) is 12.4. The Morgan fingerprint density at radius 2 is 1.83 bits per heavy atom. The maximum absolute atomic E-state index is 3.50. The minimum atomic E-state index is 1.01. The lowest BCUT2D eigenvalue weighted by Gasteiger charge is -1.94. The minimum absolute atomic E-state index is 1.01. The molecule has 0 spiro atoms. The third-order valence-corrected chi connectivity index (χ3v) is 3.46. The summed E-state index contributed by atoms with van der Waals surface area (Å²) in [5.41, 5.74) is 3.17. The fourth-order valence-electron chi connectivity index (χ4n) is 1.83. The van der Waals surface area contributed by atoms with E-state index in [2.05, 4.69) is 51.0 Å². The van der Waals surface area contributed by atoms with Gasteiger partial charge in [-0.05, 0) is 52.3 Å². The van der Waals surface area contributed by atoms with Crippen LogP contribution in [0.1, 0.15) is 11.1 Å². The maximum atomic E-state index is 3.50. The van der Waals surface area contributed by atoms with E-state index in [4.69, 9.17) is 0 Å². The van der Waals surface area contributed by atoms with Crippen molar-refractivity contribution in [3.05, 3.63) is 70.3 Å². The highest BCUT2D eigenvalue weighted by Gasteiger charge is 1.95. The van der Waals surface area contributed by atoms with Crippen LogP contribution in [-0.2, 0) is 0 Å². The molecular formula is C16H10BrN. The van der Waals surface area contributed by atoms with E-state index in [-0.39, 0.29) is 0 Å². The van der Waals surface area contributed by atoms with Crippen molar-refractivity contribution in [1.29, 1.82) is 0 Å². The normalized spacial score (nSPS) is 10.1. The van der Waals surface area contributed by atoms with Crippen LogP contribution in [0.5, 0.6) is 0 Å². The molecule has 0 aliphatic carbocycles. The van der Waals surface area contributed by atoms with Gasteiger partial charge in [0.05, 0.1) is 0 Å². The predicted molar refractivity (Wildman–Crippen MR) is 78.4 cm³/mol. The van der Waals surface area contributed by atoms with Crippen LogP contribution in [0.2, 0.25) is 0 Å². The maximum Gasteiger partial charge on any atom is 0.0454 e. The monoisotopic (exact) mass is 295 g/mol. The molecule has 0 saturated heterocycles. The summed E-state index contributed by atoms with van der Waals surface area (Å²) in [5, 5.41) is 1.19. The largest absolute Gasteiger partial charge is 0.361 e. The predicted octanol–water partition coefficient (Wildman–Crippen LogP) is 4.33. The number of aromatic amines is 1. The molecule has 0 unspecified atom stereocenters. The van der Waals surface area contributed by atoms with Crippen molar-refractivity contribution in [3.8, 4) is 11.8 Å². The molecule has 1 aromatic heterocycles. The van der Waals surface area contributed by atoms with E-state index in [1.807, 2.05) is 36.5 Å². The molecular weight excluding hydrogens is 286 g/mol. The highest BCUT2D eigenvalue weighted by atomic mass is 79.9. The Labute approximate surface area is 114 Å². The van der Waals surface area contributed by atoms with Gasteiger partial charge in [-0.25, -0.2) is 0 Å². The van der Waals surface area contributed by atoms with Gasteiger partial charge in [-0.2, -0.15) is 0 Å². The molecule has 2 heteroatoms. The first-order chi connectivity index (χ1) is 8.83. The zero-order valence-electron chi connectivity index (χ0n) is 9.57. The third kappa shape index (κ3) is 2.18. The summed E-state index contributed by atoms with van der Waals surface area (Å²) in [4.78, 5) is 3.17. The molecule has 0 saturated carbocycles. The Hall–Kier alpha value is -1.98. The molecule has 18 heavy (non-hydrogen) atoms. The quantitative estimate of drug-likeness (QED) is 0.594. The Bertz CT molecular complexity index is 759. The number of fused-ring (bicyclic) bond motifs is 1. The number of hydrogen-bond acceptors (Lipinski definition) is 0. The molecule has 1 N–H and O–H groups in total. The fourth-order valence-corrected chi connectivity index (χ4v) is 2.22. The first-order valence-corrected chi connectivity index (χ1v) is 6.46. The average molecular weight is 296 g/mol. The molecule has 2 aromatic carbocycles. The fraction of sp³-hybridized carbons (Fsp3) is 0. The summed E-state index contributed by atoms with van der Waals surface area (Å²) in [6, 6.07) is 16.2. The van der Waals surface area contributed by atoms with Crippen LogP contribution < -0.4 is 0 Å². The van der Waals surface area contributed by atoms with E-state index in [9.17, 15) is 0 Å². The Morgan fingerprint density at radius 1 is 0.944 bits per heavy atom. The number of halogens is 1. The number of nitrogens with one attached hydrogen (secondary N) is 1. The van der Waals surface area contributed by atoms with Crippen LogP contribution in [0.25, 0.3) is 10.9 Å². The van der Waals surface area contributed by atoms with E-state index >= 15 is 0 Å². The highest BCUT2D eigenvalue weighted by Crippen LogP contribution is 2.16. The second-order valence-corrected chi connectivity index (χ2v) is 4.86. The summed E-state index contributed by atoms with van der Waals surface area (Å²) in [5.74, 6) is 6.37. The van der Waals surface area contributed by atoms with Crippen molar-refractivity contribution in [2.75, 3.05) is 0 Å². The SMILES string of the molecule is Brc1ccccc1C#Cc1ccc2[nH]ccc2c1. The summed E-state index contributed by atoms with van der Waals surface area (Å²) in [7, 11) is 0. The van der Waals surface area contributed by atoms with E-state index in [1.165, 1.54) is 5.39 Å². The molecule has 3 rings (SSSR count). The van der Waals surface area contributed by atoms with Gasteiger partial charge in [-0.3, -0.25) is 0 Å². The second kappa shape index (κ2) is 4.72. The highest BCUT2D eigenvalue weighted by molar-refractivity contribution is 9.10. The molecule has 1 nitrogen and oxygen atoms in total. The van der Waals surface area contributed by atoms with Gasteiger partial charge in [0.2, 0.25) is 0 Å². The first-order valence-electron chi connectivity index (χ1n) is 5.67. The second-order valence-electron chi connectivity index (χ2n) is 4.01. The van der Waals surface area contributed by atoms with E-state index < -0.39 is 0 Å². The molecule has 1 heterocycles. The van der Waals surface area contributed by atoms with Crippen LogP contribution in [-0.4, -0.2) is 4.98 Å². The van der Waals surface area contributed by atoms with Gasteiger partial charge in [-0.1, -0.05) is 24.0 Å². The first kappa shape index (κ1) is 11.1. The molecule has 0 radical (unpaired) electrons. The smallest absolute Gasteiger partial charge is 0.0454 e. The van der Waals surface area contributed by atoms with E-state index in [0.717, 1.165) is 21.1 Å². The van der Waals surface area contributed by atoms with Crippen molar-refractivity contribution in [1.82, 2.24) is 4.98 Å². The number of aromatic nitrogens is 1. The molecule has 86 valence electrons. The van der Waals surface area contributed by atoms with Crippen molar-refractivity contribution in [2.45, 2.75) is 0 Å². The van der Waals surface area contributed by atoms with Gasteiger partial charge in [0.15, 0.2) is 0 Å². The minimum Gasteiger partial charge on any atom is -0.361 e. The molecule has 0 aliphatic heterocycles. The van der Waals surface area contributed by atoms with Crippen molar-refractivity contribution >= 4 is 26.8 Å². The number of benzene rings is 2. The lowest BCUT2D eigenvalue weighted by Crippen LogP contribution is -1.78. The van der Waals surface area contributed by atoms with Crippen LogP contribution in [0.3, 0.4) is 0 Å². The molecule has 0 fully saturated rings. The summed E-state index contributed by atoms with van der Waals surface area (Å²) in [6.45, 7) is 0. The Morgan fingerprint density at radius 3 is 2.72 bits per heavy atom. The van der Waals surface area contributed by atoms with E-state index in [1.54, 1.807) is 0 Å². The molecule has 0 amide bonds. The van der Waals surface area contributed by atoms with Crippen molar-refractivity contribution in [2.24, 2.45) is 0 Å². The summed E-state index contributed by atoms with van der Waals surface area (Å²) in [6.07, 6.45) is 1.94. The number of H-pyrrole nitrogens is 1. The van der Waals surface area contributed by atoms with Crippen LogP contribution in [0.4, 0.5) is 0 Å². The van der Waals surface area contributed by atoms with Crippen molar-refractivity contribution < 1.29 is 0 Å². The standard InChI is InChI=1S/C16H10BrN/c17-15-4-2-1-3-13(15)7-5-12-6-8-16-14(11-12)9-10-18-16/h1-4,6,8-11,18H. The molecule has 0 atom stereocenters. The van der Waals surface area contributed by atoms with Gasteiger partial charge in [0.25, 0.3) is 0 Å². The van der Waals surface area contributed by atoms with E-state index in [0.29, 0.717) is 0 Å². The summed E-state index contributed by atoms with van der Waals surface area (Å²) < 4.78 is 1.03. The lowest BCUT2D eigenvalue weighted by molar-refractivity contribution is 1.48. The molecule has 0 bridgehead atoms. The number of hydrogen-bond donors (Lipinski definition) is 1. The molecule has 3 aromatic rings. The Balaban J connectivity index is 2.00. The molecule has 0 aliphatic rings. The van der Waals surface area contributed by atoms with Gasteiger partial charge in [0, 0.05) is 32.7 Å². The lowest BCUT2D eigenvalue weighted by atomic mass is 10.1. The Kier molecular flexibility index (Phi) is 2.92. The van der Waals surface area contributed by atoms with Crippen LogP contribution in [0.15, 0.2) is 59.2 Å². The number of rotatable bonds is 0.